The number of carbonyl (C=O) groups is 2. The molecule has 0 aromatic heterocycles. The van der Waals surface area contributed by atoms with Gasteiger partial charge in [0, 0.05) is 38.1 Å². The molecule has 0 bridgehead atoms. The third-order valence-electron chi connectivity index (χ3n) is 5.14. The fourth-order valence-electron chi connectivity index (χ4n) is 3.89. The minimum atomic E-state index is -5.08. The van der Waals surface area contributed by atoms with E-state index in [1.165, 1.54) is 5.56 Å². The number of carboxylic acid groups (broad SMARTS) is 1. The average molecular weight is 402 g/mol. The quantitative estimate of drug-likeness (QED) is 0.836. The standard InChI is InChI=1S/C16H20N2O3.C2HF3O2/c1-2-18-12-5-6-17(13(12)8-16(18)19)9-11-3-4-14-15(7-11)21-10-20-14;3-2(4,5)1(6)7/h3-4,7,12-13H,2,5-6,8-10H2,1H3;(H,6,7)/t12-,13+;/m0./s1. The number of benzene rings is 1. The molecule has 0 unspecified atom stereocenters. The molecule has 3 aliphatic heterocycles. The van der Waals surface area contributed by atoms with Gasteiger partial charge in [0.05, 0.1) is 0 Å². The first-order chi connectivity index (χ1) is 13.2. The Morgan fingerprint density at radius 3 is 2.57 bits per heavy atom. The van der Waals surface area contributed by atoms with Gasteiger partial charge in [-0.2, -0.15) is 13.2 Å². The molecule has 0 aliphatic carbocycles. The van der Waals surface area contributed by atoms with Crippen LogP contribution in [0, 0.1) is 0 Å². The Balaban J connectivity index is 0.000000279. The topological polar surface area (TPSA) is 79.3 Å². The lowest BCUT2D eigenvalue weighted by atomic mass is 10.1. The molecule has 4 rings (SSSR count). The van der Waals surface area contributed by atoms with Crippen molar-refractivity contribution in [3.05, 3.63) is 23.8 Å². The van der Waals surface area contributed by atoms with E-state index in [1.54, 1.807) is 0 Å². The van der Waals surface area contributed by atoms with Crippen LogP contribution in [0.1, 0.15) is 25.3 Å². The molecule has 1 aromatic carbocycles. The summed E-state index contributed by atoms with van der Waals surface area (Å²) in [5.74, 6) is -0.789. The van der Waals surface area contributed by atoms with Gasteiger partial charge in [-0.05, 0) is 31.0 Å². The molecule has 28 heavy (non-hydrogen) atoms. The number of aliphatic carboxylic acids is 1. The molecule has 3 heterocycles. The highest BCUT2D eigenvalue weighted by atomic mass is 19.4. The maximum absolute atomic E-state index is 12.0. The first-order valence-corrected chi connectivity index (χ1v) is 8.93. The largest absolute Gasteiger partial charge is 0.490 e. The average Bonchev–Trinajstić information content (AvgIpc) is 3.30. The Labute approximate surface area is 159 Å². The van der Waals surface area contributed by atoms with E-state index < -0.39 is 12.1 Å². The van der Waals surface area contributed by atoms with Crippen molar-refractivity contribution in [3.8, 4) is 11.5 Å². The van der Waals surface area contributed by atoms with Gasteiger partial charge in [0.25, 0.3) is 0 Å². The summed E-state index contributed by atoms with van der Waals surface area (Å²) in [6.45, 7) is 5.15. The van der Waals surface area contributed by atoms with Crippen LogP contribution in [0.15, 0.2) is 18.2 Å². The Hall–Kier alpha value is -2.49. The highest BCUT2D eigenvalue weighted by molar-refractivity contribution is 5.80. The molecule has 1 amide bonds. The van der Waals surface area contributed by atoms with Crippen molar-refractivity contribution in [2.24, 2.45) is 0 Å². The van der Waals surface area contributed by atoms with Crippen LogP contribution < -0.4 is 9.47 Å². The molecule has 7 nitrogen and oxygen atoms in total. The van der Waals surface area contributed by atoms with Crippen molar-refractivity contribution in [2.45, 2.75) is 44.6 Å². The van der Waals surface area contributed by atoms with Gasteiger partial charge < -0.3 is 19.5 Å². The fourth-order valence-corrected chi connectivity index (χ4v) is 3.89. The number of nitrogens with zero attached hydrogens (tertiary/aromatic N) is 2. The van der Waals surface area contributed by atoms with Gasteiger partial charge >= 0.3 is 12.1 Å². The Kier molecular flexibility index (Phi) is 5.69. The highest BCUT2D eigenvalue weighted by Gasteiger charge is 2.45. The summed E-state index contributed by atoms with van der Waals surface area (Å²) in [5.41, 5.74) is 1.22. The molecule has 1 N–H and O–H groups in total. The van der Waals surface area contributed by atoms with Gasteiger partial charge in [-0.1, -0.05) is 6.07 Å². The number of likely N-dealkylation sites (N-methyl/N-ethyl adjacent to an activating group) is 1. The third kappa shape index (κ3) is 4.16. The van der Waals surface area contributed by atoms with Crippen molar-refractivity contribution in [3.63, 3.8) is 0 Å². The molecule has 2 atom stereocenters. The summed E-state index contributed by atoms with van der Waals surface area (Å²) in [6, 6.07) is 6.92. The Morgan fingerprint density at radius 2 is 1.93 bits per heavy atom. The summed E-state index contributed by atoms with van der Waals surface area (Å²) in [6.07, 6.45) is -3.32. The highest BCUT2D eigenvalue weighted by Crippen LogP contribution is 2.36. The fraction of sp³-hybridized carbons (Fsp3) is 0.556. The van der Waals surface area contributed by atoms with Gasteiger partial charge in [-0.25, -0.2) is 4.79 Å². The van der Waals surface area contributed by atoms with Crippen LogP contribution in [0.3, 0.4) is 0 Å². The molecular formula is C18H21F3N2O5. The lowest BCUT2D eigenvalue weighted by Crippen LogP contribution is -2.36. The van der Waals surface area contributed by atoms with E-state index in [-0.39, 0.29) is 0 Å². The van der Waals surface area contributed by atoms with Crippen LogP contribution in [-0.4, -0.2) is 64.9 Å². The second-order valence-corrected chi connectivity index (χ2v) is 6.77. The summed E-state index contributed by atoms with van der Waals surface area (Å²) in [5, 5.41) is 7.12. The van der Waals surface area contributed by atoms with E-state index in [0.717, 1.165) is 37.6 Å². The van der Waals surface area contributed by atoms with Crippen molar-refractivity contribution >= 4 is 11.9 Å². The van der Waals surface area contributed by atoms with Crippen LogP contribution in [0.4, 0.5) is 13.2 Å². The molecule has 2 saturated heterocycles. The van der Waals surface area contributed by atoms with E-state index in [2.05, 4.69) is 24.0 Å². The third-order valence-corrected chi connectivity index (χ3v) is 5.14. The minimum absolute atomic E-state index is 0.308. The number of carboxylic acids is 1. The number of likely N-dealkylation sites (tertiary alicyclic amines) is 2. The lowest BCUT2D eigenvalue weighted by Gasteiger charge is -2.24. The van der Waals surface area contributed by atoms with E-state index in [4.69, 9.17) is 19.4 Å². The van der Waals surface area contributed by atoms with Crippen molar-refractivity contribution in [1.82, 2.24) is 9.80 Å². The zero-order valence-corrected chi connectivity index (χ0v) is 15.2. The van der Waals surface area contributed by atoms with E-state index in [0.29, 0.717) is 31.2 Å². The zero-order chi connectivity index (χ0) is 20.5. The smallest absolute Gasteiger partial charge is 0.475 e. The van der Waals surface area contributed by atoms with Crippen molar-refractivity contribution < 1.29 is 37.3 Å². The molecule has 1 aromatic rings. The molecule has 154 valence electrons. The van der Waals surface area contributed by atoms with Crippen LogP contribution in [0.2, 0.25) is 0 Å². The van der Waals surface area contributed by atoms with Crippen LogP contribution >= 0.6 is 0 Å². The zero-order valence-electron chi connectivity index (χ0n) is 15.2. The first kappa shape index (κ1) is 20.2. The number of alkyl halides is 3. The van der Waals surface area contributed by atoms with Crippen molar-refractivity contribution in [2.75, 3.05) is 19.9 Å². The van der Waals surface area contributed by atoms with Gasteiger partial charge in [-0.15, -0.1) is 0 Å². The number of fused-ring (bicyclic) bond motifs is 2. The molecule has 0 spiro atoms. The van der Waals surface area contributed by atoms with Gasteiger partial charge in [0.2, 0.25) is 12.7 Å². The minimum Gasteiger partial charge on any atom is -0.475 e. The van der Waals surface area contributed by atoms with Gasteiger partial charge in [0.1, 0.15) is 0 Å². The number of rotatable bonds is 3. The van der Waals surface area contributed by atoms with Gasteiger partial charge in [-0.3, -0.25) is 9.69 Å². The molecule has 0 saturated carbocycles. The SMILES string of the molecule is CCN1C(=O)C[C@@H]2[C@@H]1CCN2Cc1ccc2c(c1)OCO2.O=C(O)C(F)(F)F. The molecule has 3 aliphatic rings. The monoisotopic (exact) mass is 402 g/mol. The number of hydrogen-bond acceptors (Lipinski definition) is 5. The molecule has 2 fully saturated rings. The number of ether oxygens (including phenoxy) is 2. The van der Waals surface area contributed by atoms with E-state index in [1.807, 2.05) is 11.0 Å². The Bertz CT molecular complexity index is 755. The normalized spacial score (nSPS) is 23.4. The number of carbonyl (C=O) groups excluding carboxylic acids is 1. The summed E-state index contributed by atoms with van der Waals surface area (Å²) in [4.78, 5) is 25.4. The van der Waals surface area contributed by atoms with Crippen LogP contribution in [0.25, 0.3) is 0 Å². The maximum Gasteiger partial charge on any atom is 0.490 e. The summed E-state index contributed by atoms with van der Waals surface area (Å²) >= 11 is 0. The predicted molar refractivity (Wildman–Crippen MR) is 90.9 cm³/mol. The Morgan fingerprint density at radius 1 is 1.25 bits per heavy atom. The number of amides is 1. The summed E-state index contributed by atoms with van der Waals surface area (Å²) in [7, 11) is 0. The van der Waals surface area contributed by atoms with Crippen molar-refractivity contribution in [1.29, 1.82) is 0 Å². The van der Waals surface area contributed by atoms with Crippen LogP contribution in [-0.2, 0) is 16.1 Å². The van der Waals surface area contributed by atoms with E-state index >= 15 is 0 Å². The van der Waals surface area contributed by atoms with Crippen LogP contribution in [0.5, 0.6) is 11.5 Å². The second kappa shape index (κ2) is 7.86. The molecule has 0 radical (unpaired) electrons. The first-order valence-electron chi connectivity index (χ1n) is 8.93. The maximum atomic E-state index is 12.0. The second-order valence-electron chi connectivity index (χ2n) is 6.77. The number of hydrogen-bond donors (Lipinski definition) is 1. The predicted octanol–water partition coefficient (Wildman–Crippen LogP) is 2.24. The van der Waals surface area contributed by atoms with E-state index in [9.17, 15) is 18.0 Å². The van der Waals surface area contributed by atoms with Gasteiger partial charge in [0.15, 0.2) is 11.5 Å². The number of halogens is 3. The summed E-state index contributed by atoms with van der Waals surface area (Å²) < 4.78 is 42.5. The molecular weight excluding hydrogens is 381 g/mol. The molecule has 10 heteroatoms. The lowest BCUT2D eigenvalue weighted by molar-refractivity contribution is -0.192.